The minimum absolute atomic E-state index is 0.0845. The summed E-state index contributed by atoms with van der Waals surface area (Å²) in [6.45, 7) is 0.828. The Morgan fingerprint density at radius 3 is 2.86 bits per heavy atom. The van der Waals surface area contributed by atoms with E-state index in [4.69, 9.17) is 4.74 Å². The third-order valence-corrected chi connectivity index (χ3v) is 4.75. The van der Waals surface area contributed by atoms with Crippen LogP contribution in [0.15, 0.2) is 24.3 Å². The Labute approximate surface area is 127 Å². The van der Waals surface area contributed by atoms with Gasteiger partial charge in [0.25, 0.3) is 0 Å². The van der Waals surface area contributed by atoms with Crippen molar-refractivity contribution in [3.05, 3.63) is 35.4 Å². The molecule has 118 valence electrons. The molecule has 0 aliphatic carbocycles. The summed E-state index contributed by atoms with van der Waals surface area (Å²) in [4.78, 5) is 0. The Morgan fingerprint density at radius 1 is 1.43 bits per heavy atom. The zero-order chi connectivity index (χ0) is 15.3. The molecule has 1 heterocycles. The molecule has 0 saturated carbocycles. The number of hydrogen-bond acceptors (Lipinski definition) is 3. The van der Waals surface area contributed by atoms with E-state index in [2.05, 4.69) is 5.32 Å². The highest BCUT2D eigenvalue weighted by atomic mass is 32.2. The zero-order valence-corrected chi connectivity index (χ0v) is 12.8. The van der Waals surface area contributed by atoms with Gasteiger partial charge in [0, 0.05) is 24.2 Å². The molecule has 21 heavy (non-hydrogen) atoms. The number of alkyl halides is 3. The van der Waals surface area contributed by atoms with E-state index in [1.807, 2.05) is 0 Å². The van der Waals surface area contributed by atoms with Gasteiger partial charge >= 0.3 is 6.18 Å². The maximum absolute atomic E-state index is 12.7. The van der Waals surface area contributed by atoms with Crippen LogP contribution >= 0.6 is 11.8 Å². The Balaban J connectivity index is 1.93. The Bertz CT molecular complexity index is 447. The standard InChI is InChI=1S/C15H20F3NOS/c1-19-14(10-21-9-13-6-3-7-20-13)11-4-2-5-12(8-11)15(16,17)18/h2,4-5,8,13-14,19H,3,6-7,9-10H2,1H3. The minimum atomic E-state index is -4.29. The summed E-state index contributed by atoms with van der Waals surface area (Å²) in [6.07, 6.45) is -1.80. The van der Waals surface area contributed by atoms with Gasteiger partial charge in [-0.15, -0.1) is 0 Å². The molecule has 1 N–H and O–H groups in total. The van der Waals surface area contributed by atoms with Crippen LogP contribution in [0.25, 0.3) is 0 Å². The fourth-order valence-electron chi connectivity index (χ4n) is 2.37. The number of benzene rings is 1. The molecule has 1 aromatic carbocycles. The molecule has 2 nitrogen and oxygen atoms in total. The lowest BCUT2D eigenvalue weighted by molar-refractivity contribution is -0.137. The topological polar surface area (TPSA) is 21.3 Å². The summed E-state index contributed by atoms with van der Waals surface area (Å²) < 4.78 is 43.8. The van der Waals surface area contributed by atoms with Crippen LogP contribution in [0, 0.1) is 0 Å². The minimum Gasteiger partial charge on any atom is -0.377 e. The van der Waals surface area contributed by atoms with Gasteiger partial charge in [0.05, 0.1) is 11.7 Å². The molecule has 1 aromatic rings. The van der Waals surface area contributed by atoms with Crippen molar-refractivity contribution in [3.63, 3.8) is 0 Å². The molecule has 6 heteroatoms. The fourth-order valence-corrected chi connectivity index (χ4v) is 3.63. The van der Waals surface area contributed by atoms with E-state index in [1.54, 1.807) is 24.9 Å². The molecule has 0 amide bonds. The molecular weight excluding hydrogens is 299 g/mol. The van der Waals surface area contributed by atoms with Gasteiger partial charge < -0.3 is 10.1 Å². The van der Waals surface area contributed by atoms with E-state index in [9.17, 15) is 13.2 Å². The first-order valence-electron chi connectivity index (χ1n) is 7.04. The second-order valence-electron chi connectivity index (χ2n) is 5.14. The number of hydrogen-bond donors (Lipinski definition) is 1. The van der Waals surface area contributed by atoms with Crippen molar-refractivity contribution >= 4 is 11.8 Å². The maximum atomic E-state index is 12.7. The van der Waals surface area contributed by atoms with E-state index in [0.29, 0.717) is 11.7 Å². The third-order valence-electron chi connectivity index (χ3n) is 3.58. The van der Waals surface area contributed by atoms with E-state index in [0.717, 1.165) is 37.0 Å². The summed E-state index contributed by atoms with van der Waals surface area (Å²) >= 11 is 1.72. The van der Waals surface area contributed by atoms with Gasteiger partial charge in [0.1, 0.15) is 0 Å². The zero-order valence-electron chi connectivity index (χ0n) is 12.0. The summed E-state index contributed by atoms with van der Waals surface area (Å²) in [5.74, 6) is 1.63. The smallest absolute Gasteiger partial charge is 0.377 e. The average molecular weight is 319 g/mol. The first kappa shape index (κ1) is 16.6. The lowest BCUT2D eigenvalue weighted by Gasteiger charge is -2.19. The molecule has 0 radical (unpaired) electrons. The maximum Gasteiger partial charge on any atom is 0.416 e. The number of halogens is 3. The highest BCUT2D eigenvalue weighted by Gasteiger charge is 2.30. The molecular formula is C15H20F3NOS. The quantitative estimate of drug-likeness (QED) is 0.860. The highest BCUT2D eigenvalue weighted by Crippen LogP contribution is 2.31. The summed E-state index contributed by atoms with van der Waals surface area (Å²) in [6, 6.07) is 5.46. The molecule has 2 atom stereocenters. The molecule has 0 aromatic heterocycles. The lowest BCUT2D eigenvalue weighted by Crippen LogP contribution is -2.20. The van der Waals surface area contributed by atoms with Crippen LogP contribution in [0.3, 0.4) is 0 Å². The van der Waals surface area contributed by atoms with Crippen LogP contribution in [-0.4, -0.2) is 31.3 Å². The van der Waals surface area contributed by atoms with Gasteiger partial charge in [-0.05, 0) is 37.6 Å². The van der Waals surface area contributed by atoms with Gasteiger partial charge in [-0.25, -0.2) is 0 Å². The van der Waals surface area contributed by atoms with Crippen molar-refractivity contribution in [1.82, 2.24) is 5.32 Å². The Kier molecular flexibility index (Phi) is 5.96. The second-order valence-corrected chi connectivity index (χ2v) is 6.21. The van der Waals surface area contributed by atoms with Crippen molar-refractivity contribution in [3.8, 4) is 0 Å². The van der Waals surface area contributed by atoms with Gasteiger partial charge in [0.2, 0.25) is 0 Å². The van der Waals surface area contributed by atoms with E-state index in [-0.39, 0.29) is 6.04 Å². The monoisotopic (exact) mass is 319 g/mol. The summed E-state index contributed by atoms with van der Waals surface area (Å²) in [5.41, 5.74) is 0.0801. The Hall–Kier alpha value is -0.720. The van der Waals surface area contributed by atoms with Crippen LogP contribution in [0.2, 0.25) is 0 Å². The molecule has 1 aliphatic rings. The van der Waals surface area contributed by atoms with Crippen molar-refractivity contribution in [2.45, 2.75) is 31.2 Å². The van der Waals surface area contributed by atoms with Crippen LogP contribution in [0.5, 0.6) is 0 Å². The Morgan fingerprint density at radius 2 is 2.24 bits per heavy atom. The molecule has 2 unspecified atom stereocenters. The van der Waals surface area contributed by atoms with Gasteiger partial charge in [-0.3, -0.25) is 0 Å². The van der Waals surface area contributed by atoms with Crippen molar-refractivity contribution in [2.75, 3.05) is 25.2 Å². The average Bonchev–Trinajstić information content (AvgIpc) is 2.96. The summed E-state index contributed by atoms with van der Waals surface area (Å²) in [5, 5.41) is 3.09. The molecule has 2 rings (SSSR count). The normalized spacial score (nSPS) is 20.7. The number of rotatable bonds is 6. The van der Waals surface area contributed by atoms with Gasteiger partial charge in [-0.1, -0.05) is 12.1 Å². The van der Waals surface area contributed by atoms with Crippen molar-refractivity contribution in [2.24, 2.45) is 0 Å². The van der Waals surface area contributed by atoms with Crippen LogP contribution < -0.4 is 5.32 Å². The molecule has 1 aliphatic heterocycles. The third kappa shape index (κ3) is 4.90. The van der Waals surface area contributed by atoms with Crippen LogP contribution in [0.1, 0.15) is 30.0 Å². The molecule has 0 bridgehead atoms. The lowest BCUT2D eigenvalue weighted by atomic mass is 10.1. The first-order valence-corrected chi connectivity index (χ1v) is 8.20. The second kappa shape index (κ2) is 7.51. The summed E-state index contributed by atoms with van der Waals surface area (Å²) in [7, 11) is 1.78. The SMILES string of the molecule is CNC(CSCC1CCCO1)c1cccc(C(F)(F)F)c1. The first-order chi connectivity index (χ1) is 10.0. The van der Waals surface area contributed by atoms with Gasteiger partial charge in [-0.2, -0.15) is 24.9 Å². The van der Waals surface area contributed by atoms with E-state index in [1.165, 1.54) is 12.1 Å². The molecule has 1 fully saturated rings. The van der Waals surface area contributed by atoms with E-state index < -0.39 is 11.7 Å². The fraction of sp³-hybridized carbons (Fsp3) is 0.600. The highest BCUT2D eigenvalue weighted by molar-refractivity contribution is 7.99. The largest absolute Gasteiger partial charge is 0.416 e. The van der Waals surface area contributed by atoms with Gasteiger partial charge in [0.15, 0.2) is 0 Å². The van der Waals surface area contributed by atoms with Crippen molar-refractivity contribution < 1.29 is 17.9 Å². The van der Waals surface area contributed by atoms with Crippen molar-refractivity contribution in [1.29, 1.82) is 0 Å². The molecule has 0 spiro atoms. The number of ether oxygens (including phenoxy) is 1. The van der Waals surface area contributed by atoms with Crippen LogP contribution in [0.4, 0.5) is 13.2 Å². The molecule has 1 saturated heterocycles. The van der Waals surface area contributed by atoms with E-state index >= 15 is 0 Å². The van der Waals surface area contributed by atoms with Crippen LogP contribution in [-0.2, 0) is 10.9 Å². The number of thioether (sulfide) groups is 1. The predicted octanol–water partition coefficient (Wildman–Crippen LogP) is 3.88. The number of nitrogens with one attached hydrogen (secondary N) is 1. The predicted molar refractivity (Wildman–Crippen MR) is 79.5 cm³/mol.